The number of likely N-dealkylation sites (N-methyl/N-ethyl adjacent to an activating group) is 1. The number of hydrogen-bond donors (Lipinski definition) is 5. The number of carbonyl (C=O) groups excluding carboxylic acids is 3. The van der Waals surface area contributed by atoms with Gasteiger partial charge in [-0.1, -0.05) is 37.3 Å². The molecule has 9 nitrogen and oxygen atoms in total. The van der Waals surface area contributed by atoms with Gasteiger partial charge in [0.15, 0.2) is 11.4 Å². The van der Waals surface area contributed by atoms with E-state index in [1.54, 1.807) is 4.90 Å². The van der Waals surface area contributed by atoms with E-state index in [-0.39, 0.29) is 18.5 Å². The summed E-state index contributed by atoms with van der Waals surface area (Å²) in [6, 6.07) is 10.4. The van der Waals surface area contributed by atoms with Gasteiger partial charge in [0.25, 0.3) is 5.91 Å². The summed E-state index contributed by atoms with van der Waals surface area (Å²) in [5.74, 6) is -8.78. The number of aliphatic hydroxyl groups is 3. The number of aliphatic hydroxyl groups excluding tert-OH is 2. The summed E-state index contributed by atoms with van der Waals surface area (Å²) in [7, 11) is 0. The van der Waals surface area contributed by atoms with E-state index in [0.717, 1.165) is 11.6 Å². The standard InChI is InChI=1S/C31H31F3N2O7/c1-2-36(9-8-15-6-4-3-5-7-15)14-17-12-20(37)23-19(25(17)31(32,33)34)11-16-10-18-13-21(38)24(29(35)42)28(41)30(18,43)27(40)22(16)26(23)39/h3-7,12,16,18,37,39,41,43H,2,8-11,13-14H2,1H3,(H2,35,42)/t16?,18-,30-/m0/s1. The Bertz CT molecular complexity index is 1580. The number of benzene rings is 2. The SMILES string of the molecule is CCN(CCc1ccccc1)Cc1cc(O)c2c(c1C(F)(F)F)CC1C[C@H]3CC(=O)C(C(N)=O)=C(O)[C@@]3(O)C(=O)C1=C2O. The maximum atomic E-state index is 14.7. The van der Waals surface area contributed by atoms with Crippen LogP contribution in [-0.4, -0.2) is 61.5 Å². The fourth-order valence-electron chi connectivity index (χ4n) is 6.76. The molecule has 2 aromatic rings. The number of Topliss-reactive ketones (excluding diaryl/α,β-unsaturated/α-hetero) is 2. The molecule has 0 aliphatic heterocycles. The number of nitrogens with zero attached hydrogens (tertiary/aromatic N) is 1. The summed E-state index contributed by atoms with van der Waals surface area (Å²) in [5.41, 5.74) is -0.259. The summed E-state index contributed by atoms with van der Waals surface area (Å²) in [5, 5.41) is 44.1. The lowest BCUT2D eigenvalue weighted by Crippen LogP contribution is -2.58. The number of halogens is 3. The Morgan fingerprint density at radius 3 is 2.40 bits per heavy atom. The van der Waals surface area contributed by atoms with Gasteiger partial charge in [-0.25, -0.2) is 0 Å². The highest BCUT2D eigenvalue weighted by Crippen LogP contribution is 2.54. The van der Waals surface area contributed by atoms with Crippen molar-refractivity contribution in [2.75, 3.05) is 13.1 Å². The second kappa shape index (κ2) is 10.8. The molecule has 1 amide bonds. The fourth-order valence-corrected chi connectivity index (χ4v) is 6.76. The molecule has 43 heavy (non-hydrogen) atoms. The third-order valence-electron chi connectivity index (χ3n) is 8.83. The van der Waals surface area contributed by atoms with Crippen molar-refractivity contribution in [3.05, 3.63) is 81.1 Å². The lowest BCUT2D eigenvalue weighted by Gasteiger charge is -2.46. The van der Waals surface area contributed by atoms with Gasteiger partial charge in [-0.3, -0.25) is 19.3 Å². The van der Waals surface area contributed by atoms with Crippen LogP contribution < -0.4 is 5.73 Å². The van der Waals surface area contributed by atoms with Gasteiger partial charge >= 0.3 is 6.18 Å². The van der Waals surface area contributed by atoms with E-state index in [1.165, 1.54) is 0 Å². The molecular formula is C31H31F3N2O7. The molecule has 3 atom stereocenters. The predicted octanol–water partition coefficient (Wildman–Crippen LogP) is 3.51. The smallest absolute Gasteiger partial charge is 0.417 e. The summed E-state index contributed by atoms with van der Waals surface area (Å²) < 4.78 is 44.2. The normalized spacial score (nSPS) is 23.8. The number of rotatable bonds is 7. The average molecular weight is 601 g/mol. The molecule has 228 valence electrons. The first-order valence-electron chi connectivity index (χ1n) is 13.9. The minimum atomic E-state index is -4.89. The number of phenolic OH excluding ortho intramolecular Hbond substituents is 1. The molecule has 0 spiro atoms. The quantitative estimate of drug-likeness (QED) is 0.302. The molecule has 0 saturated heterocycles. The molecule has 1 saturated carbocycles. The number of nitrogens with two attached hydrogens (primary N) is 1. The highest BCUT2D eigenvalue weighted by molar-refractivity contribution is 6.22. The molecule has 0 aromatic heterocycles. The van der Waals surface area contributed by atoms with Crippen LogP contribution in [0, 0.1) is 11.8 Å². The van der Waals surface area contributed by atoms with Crippen molar-refractivity contribution in [3.8, 4) is 5.75 Å². The van der Waals surface area contributed by atoms with Gasteiger partial charge in [0.2, 0.25) is 5.78 Å². The van der Waals surface area contributed by atoms with Crippen molar-refractivity contribution >= 4 is 23.2 Å². The number of alkyl halides is 3. The summed E-state index contributed by atoms with van der Waals surface area (Å²) >= 11 is 0. The van der Waals surface area contributed by atoms with E-state index in [0.29, 0.717) is 19.5 Å². The van der Waals surface area contributed by atoms with Crippen LogP contribution >= 0.6 is 0 Å². The zero-order valence-electron chi connectivity index (χ0n) is 23.2. The second-order valence-corrected chi connectivity index (χ2v) is 11.3. The van der Waals surface area contributed by atoms with Gasteiger partial charge in [0.05, 0.1) is 11.1 Å². The van der Waals surface area contributed by atoms with Crippen molar-refractivity contribution in [2.24, 2.45) is 17.6 Å². The Kier molecular flexibility index (Phi) is 7.64. The van der Waals surface area contributed by atoms with Crippen molar-refractivity contribution in [3.63, 3.8) is 0 Å². The largest absolute Gasteiger partial charge is 0.508 e. The zero-order valence-corrected chi connectivity index (χ0v) is 23.2. The van der Waals surface area contributed by atoms with Crippen LogP contribution in [0.25, 0.3) is 5.76 Å². The van der Waals surface area contributed by atoms with Crippen LogP contribution in [0.15, 0.2) is 53.3 Å². The van der Waals surface area contributed by atoms with E-state index in [9.17, 15) is 48.0 Å². The van der Waals surface area contributed by atoms with Crippen molar-refractivity contribution in [2.45, 2.75) is 50.9 Å². The van der Waals surface area contributed by atoms with Crippen LogP contribution in [0.5, 0.6) is 5.75 Å². The van der Waals surface area contributed by atoms with E-state index < -0.39 is 99.0 Å². The molecule has 2 aromatic carbocycles. The van der Waals surface area contributed by atoms with Gasteiger partial charge in [0.1, 0.15) is 22.8 Å². The third-order valence-corrected chi connectivity index (χ3v) is 8.83. The lowest BCUT2D eigenvalue weighted by atomic mass is 9.59. The topological polar surface area (TPSA) is 161 Å². The predicted molar refractivity (Wildman–Crippen MR) is 147 cm³/mol. The van der Waals surface area contributed by atoms with Crippen molar-refractivity contribution < 1.29 is 48.0 Å². The Morgan fingerprint density at radius 2 is 1.79 bits per heavy atom. The molecule has 12 heteroatoms. The number of amides is 1. The van der Waals surface area contributed by atoms with Gasteiger partial charge < -0.3 is 26.2 Å². The zero-order chi connectivity index (χ0) is 31.4. The maximum Gasteiger partial charge on any atom is 0.417 e. The molecule has 3 aliphatic carbocycles. The summed E-state index contributed by atoms with van der Waals surface area (Å²) in [6.07, 6.45) is -5.55. The van der Waals surface area contributed by atoms with Crippen LogP contribution in [0.4, 0.5) is 13.2 Å². The fraction of sp³-hybridized carbons (Fsp3) is 0.387. The van der Waals surface area contributed by atoms with Gasteiger partial charge in [-0.05, 0) is 54.5 Å². The first-order chi connectivity index (χ1) is 20.2. The van der Waals surface area contributed by atoms with Crippen LogP contribution in [0.3, 0.4) is 0 Å². The van der Waals surface area contributed by atoms with E-state index in [4.69, 9.17) is 5.73 Å². The van der Waals surface area contributed by atoms with E-state index in [1.807, 2.05) is 37.3 Å². The molecule has 0 radical (unpaired) electrons. The first-order valence-corrected chi connectivity index (χ1v) is 13.9. The molecule has 0 heterocycles. The Balaban J connectivity index is 1.59. The van der Waals surface area contributed by atoms with Crippen LogP contribution in [-0.2, 0) is 39.9 Å². The molecule has 0 bridgehead atoms. The van der Waals surface area contributed by atoms with Gasteiger partial charge in [0, 0.05) is 31.0 Å². The number of hydrogen-bond acceptors (Lipinski definition) is 8. The van der Waals surface area contributed by atoms with E-state index in [2.05, 4.69) is 0 Å². The molecular weight excluding hydrogens is 569 g/mol. The van der Waals surface area contributed by atoms with Gasteiger partial charge in [-0.2, -0.15) is 13.2 Å². The average Bonchev–Trinajstić information content (AvgIpc) is 2.92. The minimum absolute atomic E-state index is 0.147. The minimum Gasteiger partial charge on any atom is -0.508 e. The van der Waals surface area contributed by atoms with Gasteiger partial charge in [-0.15, -0.1) is 0 Å². The van der Waals surface area contributed by atoms with Crippen molar-refractivity contribution in [1.82, 2.24) is 4.90 Å². The maximum absolute atomic E-state index is 14.7. The molecule has 1 unspecified atom stereocenters. The molecule has 3 aliphatic rings. The Morgan fingerprint density at radius 1 is 1.12 bits per heavy atom. The Hall–Kier alpha value is -4.16. The van der Waals surface area contributed by atoms with E-state index >= 15 is 0 Å². The highest BCUT2D eigenvalue weighted by Gasteiger charge is 2.60. The second-order valence-electron chi connectivity index (χ2n) is 11.3. The molecule has 1 fully saturated rings. The summed E-state index contributed by atoms with van der Waals surface area (Å²) in [4.78, 5) is 39.7. The van der Waals surface area contributed by atoms with Crippen molar-refractivity contribution in [1.29, 1.82) is 0 Å². The third kappa shape index (κ3) is 4.98. The number of primary amides is 1. The summed E-state index contributed by atoms with van der Waals surface area (Å²) in [6.45, 7) is 2.53. The number of carbonyl (C=O) groups is 3. The first kappa shape index (κ1) is 30.3. The molecule has 5 rings (SSSR count). The molecule has 6 N–H and O–H groups in total. The number of phenols is 1. The highest BCUT2D eigenvalue weighted by atomic mass is 19.4. The van der Waals surface area contributed by atoms with Crippen LogP contribution in [0.1, 0.15) is 47.6 Å². The number of ketones is 2. The monoisotopic (exact) mass is 600 g/mol. The number of fused-ring (bicyclic) bond motifs is 3. The van der Waals surface area contributed by atoms with Crippen LogP contribution in [0.2, 0.25) is 0 Å². The number of aromatic hydroxyl groups is 1. The Labute approximate surface area is 244 Å². The lowest BCUT2D eigenvalue weighted by molar-refractivity contribution is -0.147.